The quantitative estimate of drug-likeness (QED) is 0.927. The second kappa shape index (κ2) is 6.48. The number of carbonyl (C=O) groups is 1. The molecule has 0 radical (unpaired) electrons. The Balaban J connectivity index is 2.12. The summed E-state index contributed by atoms with van der Waals surface area (Å²) in [6.45, 7) is 2.02. The van der Waals surface area contributed by atoms with Crippen LogP contribution >= 0.6 is 15.9 Å². The van der Waals surface area contributed by atoms with Gasteiger partial charge < -0.3 is 10.6 Å². The van der Waals surface area contributed by atoms with Crippen LogP contribution in [0.15, 0.2) is 22.7 Å². The fourth-order valence-electron chi connectivity index (χ4n) is 2.56. The number of amides is 1. The molecule has 2 N–H and O–H groups in total. The first kappa shape index (κ1) is 14.5. The van der Waals surface area contributed by atoms with Gasteiger partial charge in [0.15, 0.2) is 0 Å². The van der Waals surface area contributed by atoms with E-state index in [0.29, 0.717) is 30.0 Å². The molecule has 1 aliphatic rings. The number of benzene rings is 1. The molecule has 3 nitrogen and oxygen atoms in total. The van der Waals surface area contributed by atoms with Crippen molar-refractivity contribution in [3.05, 3.63) is 34.1 Å². The van der Waals surface area contributed by atoms with E-state index < -0.39 is 5.82 Å². The standard InChI is InChI=1S/C14H18BrFN2O/c15-12-5-1-4-11(13(12)16)14(19)18-8-2-3-10(9-18)6-7-17/h1,4-5,10H,2-3,6-9,17H2. The average molecular weight is 329 g/mol. The summed E-state index contributed by atoms with van der Waals surface area (Å²) in [5.74, 6) is -0.258. The molecule has 1 saturated heterocycles. The van der Waals surface area contributed by atoms with E-state index in [9.17, 15) is 9.18 Å². The van der Waals surface area contributed by atoms with Gasteiger partial charge in [-0.25, -0.2) is 4.39 Å². The van der Waals surface area contributed by atoms with Crippen molar-refractivity contribution in [2.45, 2.75) is 19.3 Å². The summed E-state index contributed by atoms with van der Waals surface area (Å²) in [6.07, 6.45) is 2.98. The van der Waals surface area contributed by atoms with Gasteiger partial charge in [-0.1, -0.05) is 6.07 Å². The van der Waals surface area contributed by atoms with Crippen molar-refractivity contribution in [3.8, 4) is 0 Å². The highest BCUT2D eigenvalue weighted by Crippen LogP contribution is 2.24. The summed E-state index contributed by atoms with van der Waals surface area (Å²) in [7, 11) is 0. The maximum atomic E-state index is 13.9. The van der Waals surface area contributed by atoms with Gasteiger partial charge in [0.25, 0.3) is 5.91 Å². The van der Waals surface area contributed by atoms with Crippen LogP contribution in [0, 0.1) is 11.7 Å². The minimum absolute atomic E-state index is 0.141. The van der Waals surface area contributed by atoms with E-state index in [4.69, 9.17) is 5.73 Å². The highest BCUT2D eigenvalue weighted by molar-refractivity contribution is 9.10. The van der Waals surface area contributed by atoms with Crippen LogP contribution < -0.4 is 5.73 Å². The maximum Gasteiger partial charge on any atom is 0.256 e. The SMILES string of the molecule is NCCC1CCCN(C(=O)c2cccc(Br)c2F)C1. The molecule has 1 aromatic carbocycles. The molecule has 5 heteroatoms. The van der Waals surface area contributed by atoms with Crippen LogP contribution in [0.25, 0.3) is 0 Å². The van der Waals surface area contributed by atoms with Crippen LogP contribution in [-0.2, 0) is 0 Å². The zero-order chi connectivity index (χ0) is 13.8. The summed E-state index contributed by atoms with van der Waals surface area (Å²) in [4.78, 5) is 14.1. The van der Waals surface area contributed by atoms with Gasteiger partial charge in [0.2, 0.25) is 0 Å². The Morgan fingerprint density at radius 3 is 3.05 bits per heavy atom. The van der Waals surface area contributed by atoms with Crippen molar-refractivity contribution in [2.24, 2.45) is 11.7 Å². The molecule has 0 spiro atoms. The number of nitrogens with two attached hydrogens (primary N) is 1. The third-order valence-corrected chi connectivity index (χ3v) is 4.18. The van der Waals surface area contributed by atoms with Gasteiger partial charge >= 0.3 is 0 Å². The minimum Gasteiger partial charge on any atom is -0.338 e. The number of halogens is 2. The van der Waals surface area contributed by atoms with Gasteiger partial charge in [-0.2, -0.15) is 0 Å². The first-order valence-electron chi connectivity index (χ1n) is 6.57. The van der Waals surface area contributed by atoms with E-state index in [1.807, 2.05) is 0 Å². The smallest absolute Gasteiger partial charge is 0.256 e. The zero-order valence-electron chi connectivity index (χ0n) is 10.7. The molecule has 0 bridgehead atoms. The summed E-state index contributed by atoms with van der Waals surface area (Å²) in [5.41, 5.74) is 5.71. The summed E-state index contributed by atoms with van der Waals surface area (Å²) in [6, 6.07) is 4.82. The number of hydrogen-bond acceptors (Lipinski definition) is 2. The Morgan fingerprint density at radius 1 is 1.53 bits per heavy atom. The highest BCUT2D eigenvalue weighted by atomic mass is 79.9. The molecule has 104 valence electrons. The second-order valence-corrected chi connectivity index (χ2v) is 5.79. The number of rotatable bonds is 3. The predicted molar refractivity (Wildman–Crippen MR) is 76.4 cm³/mol. The molecule has 2 rings (SSSR count). The number of piperidine rings is 1. The van der Waals surface area contributed by atoms with Crippen molar-refractivity contribution in [1.82, 2.24) is 4.90 Å². The van der Waals surface area contributed by atoms with Crippen molar-refractivity contribution in [3.63, 3.8) is 0 Å². The second-order valence-electron chi connectivity index (χ2n) is 4.94. The van der Waals surface area contributed by atoms with Crippen LogP contribution in [0.3, 0.4) is 0 Å². The lowest BCUT2D eigenvalue weighted by Gasteiger charge is -2.32. The van der Waals surface area contributed by atoms with Crippen molar-refractivity contribution < 1.29 is 9.18 Å². The number of hydrogen-bond donors (Lipinski definition) is 1. The van der Waals surface area contributed by atoms with Crippen LogP contribution in [0.5, 0.6) is 0 Å². The first-order chi connectivity index (χ1) is 9.13. The van der Waals surface area contributed by atoms with Gasteiger partial charge in [0.05, 0.1) is 10.0 Å². The Morgan fingerprint density at radius 2 is 2.32 bits per heavy atom. The number of likely N-dealkylation sites (tertiary alicyclic amines) is 1. The normalized spacial score (nSPS) is 19.5. The Bertz CT molecular complexity index is 465. The van der Waals surface area contributed by atoms with Gasteiger partial charge in [0, 0.05) is 13.1 Å². The van der Waals surface area contributed by atoms with Gasteiger partial charge in [-0.3, -0.25) is 4.79 Å². The number of nitrogens with zero attached hydrogens (tertiary/aromatic N) is 1. The molecule has 1 unspecified atom stereocenters. The predicted octanol–water partition coefficient (Wildman–Crippen LogP) is 2.79. The lowest BCUT2D eigenvalue weighted by atomic mass is 9.94. The maximum absolute atomic E-state index is 13.9. The molecule has 0 aromatic heterocycles. The van der Waals surface area contributed by atoms with E-state index in [0.717, 1.165) is 19.3 Å². The monoisotopic (exact) mass is 328 g/mol. The fourth-order valence-corrected chi connectivity index (χ4v) is 2.93. The molecule has 1 aromatic rings. The van der Waals surface area contributed by atoms with Crippen LogP contribution in [0.1, 0.15) is 29.6 Å². The average Bonchev–Trinajstić information content (AvgIpc) is 2.42. The van der Waals surface area contributed by atoms with E-state index in [2.05, 4.69) is 15.9 Å². The highest BCUT2D eigenvalue weighted by Gasteiger charge is 2.26. The van der Waals surface area contributed by atoms with Gasteiger partial charge in [-0.15, -0.1) is 0 Å². The molecule has 1 fully saturated rings. The van der Waals surface area contributed by atoms with E-state index in [1.165, 1.54) is 6.07 Å². The lowest BCUT2D eigenvalue weighted by Crippen LogP contribution is -2.40. The molecule has 1 amide bonds. The lowest BCUT2D eigenvalue weighted by molar-refractivity contribution is 0.0664. The molecule has 0 aliphatic carbocycles. The zero-order valence-corrected chi connectivity index (χ0v) is 12.3. The Kier molecular flexibility index (Phi) is 4.93. The number of carbonyl (C=O) groups excluding carboxylic acids is 1. The summed E-state index contributed by atoms with van der Waals surface area (Å²) >= 11 is 3.11. The third-order valence-electron chi connectivity index (χ3n) is 3.56. The molecule has 1 aliphatic heterocycles. The van der Waals surface area contributed by atoms with Crippen molar-refractivity contribution >= 4 is 21.8 Å². The fraction of sp³-hybridized carbons (Fsp3) is 0.500. The topological polar surface area (TPSA) is 46.3 Å². The minimum atomic E-state index is -0.478. The van der Waals surface area contributed by atoms with Crippen molar-refractivity contribution in [1.29, 1.82) is 0 Å². The molecule has 1 heterocycles. The largest absolute Gasteiger partial charge is 0.338 e. The van der Waals surface area contributed by atoms with E-state index in [1.54, 1.807) is 17.0 Å². The molecule has 19 heavy (non-hydrogen) atoms. The Hall–Kier alpha value is -0.940. The molecule has 0 saturated carbocycles. The first-order valence-corrected chi connectivity index (χ1v) is 7.36. The van der Waals surface area contributed by atoms with Crippen LogP contribution in [0.2, 0.25) is 0 Å². The van der Waals surface area contributed by atoms with Gasteiger partial charge in [-0.05, 0) is 59.8 Å². The van der Waals surface area contributed by atoms with Crippen LogP contribution in [0.4, 0.5) is 4.39 Å². The molecular formula is C14H18BrFN2O. The van der Waals surface area contributed by atoms with Crippen LogP contribution in [-0.4, -0.2) is 30.4 Å². The summed E-state index contributed by atoms with van der Waals surface area (Å²) < 4.78 is 14.3. The third kappa shape index (κ3) is 3.34. The van der Waals surface area contributed by atoms with E-state index in [-0.39, 0.29) is 11.5 Å². The van der Waals surface area contributed by atoms with Gasteiger partial charge in [0.1, 0.15) is 5.82 Å². The van der Waals surface area contributed by atoms with E-state index >= 15 is 0 Å². The van der Waals surface area contributed by atoms with Crippen molar-refractivity contribution in [2.75, 3.05) is 19.6 Å². The molecular weight excluding hydrogens is 311 g/mol. The Labute approximate surface area is 121 Å². The summed E-state index contributed by atoms with van der Waals surface area (Å²) in [5, 5.41) is 0. The molecule has 1 atom stereocenters.